The van der Waals surface area contributed by atoms with Gasteiger partial charge in [0.1, 0.15) is 41.6 Å². The van der Waals surface area contributed by atoms with Crippen LogP contribution in [0.1, 0.15) is 89.2 Å². The van der Waals surface area contributed by atoms with E-state index < -0.39 is 109 Å². The lowest BCUT2D eigenvalue weighted by Crippen LogP contribution is -2.60. The number of rotatable bonds is 37. The van der Waals surface area contributed by atoms with Crippen LogP contribution in [0, 0.1) is 10.8 Å². The van der Waals surface area contributed by atoms with Gasteiger partial charge in [-0.1, -0.05) is 12.5 Å². The molecule has 1 saturated heterocycles. The maximum atomic E-state index is 14.2. The predicted octanol–water partition coefficient (Wildman–Crippen LogP) is -7.77. The third kappa shape index (κ3) is 24.6. The number of nitrogens with two attached hydrogens (primary N) is 8. The molecule has 28 N–H and O–H groups in total. The molecule has 0 unspecified atom stereocenters. The van der Waals surface area contributed by atoms with Gasteiger partial charge in [-0.3, -0.25) is 54.0 Å². The van der Waals surface area contributed by atoms with Gasteiger partial charge in [-0.05, 0) is 96.7 Å². The van der Waals surface area contributed by atoms with E-state index >= 15 is 0 Å². The Hall–Kier alpha value is -7.65. The lowest BCUT2D eigenvalue weighted by atomic mass is 10.1. The number of aromatic nitrogens is 2. The molecule has 0 saturated carbocycles. The number of primary amides is 1. The highest BCUT2D eigenvalue weighted by molar-refractivity contribution is 6.40. The number of aromatic amines is 1. The van der Waals surface area contributed by atoms with E-state index in [-0.39, 0.29) is 114 Å². The number of guanidine groups is 2. The van der Waals surface area contributed by atoms with E-state index in [1.807, 2.05) is 0 Å². The first kappa shape index (κ1) is 66.5. The van der Waals surface area contributed by atoms with Crippen molar-refractivity contribution < 1.29 is 48.3 Å². The lowest BCUT2D eigenvalue weighted by molar-refractivity contribution is -0.136. The number of aliphatic hydroxyl groups excluding tert-OH is 1. The second-order valence-electron chi connectivity index (χ2n) is 18.2. The molecular weight excluding hydrogens is 1020 g/mol. The summed E-state index contributed by atoms with van der Waals surface area (Å²) in [7, 11) is 0. The van der Waals surface area contributed by atoms with Gasteiger partial charge >= 0.3 is 0 Å². The SMILES string of the molecule is N=C(N)NCC/C=C(\NC(=O)[C@H](CCCCN)NC(=O)[C@H](Cc1cnc[nH]1)NC(=O)[C@@H]1CCCN1C(=O)/C(CCCN)=N/C(=O)CNC(=O)[C@H](CCCNC(=N)N)NC(=O)[C@@H](NC(=O)[C@@H](N)CCCCN)[C@@H](O)CN)C(N)=O. The fraction of sp³-hybridized carbons (Fsp3) is 0.630. The molecule has 1 aromatic heterocycles. The molecule has 2 heterocycles. The fourth-order valence-electron chi connectivity index (χ4n) is 7.82. The molecule has 0 aromatic carbocycles. The van der Waals surface area contributed by atoms with Gasteiger partial charge in [-0.15, -0.1) is 0 Å². The van der Waals surface area contributed by atoms with Gasteiger partial charge in [0.25, 0.3) is 17.7 Å². The first-order valence-electron chi connectivity index (χ1n) is 25.8. The van der Waals surface area contributed by atoms with Gasteiger partial charge in [0, 0.05) is 44.5 Å². The molecule has 2 rings (SSSR count). The standard InChI is InChI=1S/C46H82N22O10/c47-15-3-1-9-27(51)38(72)67-36(34(69)22-50)43(77)65-29(13-7-19-59-46(55)56)39(73)60-24-35(70)62-31(11-5-17-49)44(78)68-20-8-14-33(68)42(76)66-32(21-26-23-57-25-61-26)41(75)64-30(10-2-4-16-48)40(74)63-28(37(52)71)12-6-18-58-45(53)54/h12,23,25,27,29-30,32-34,36,69H,1-11,13-22,24,47-51H2,(H2,52,71)(H,57,61)(H,60,73)(H,63,74)(H,64,75)(H,65,77)(H,66,76)(H,67,72)(H4,53,54,58)(H4,55,56,59)/b28-12-,62-31+/t27-,29-,30-,32-,33-,34-,36-/m0/s1. The Labute approximate surface area is 451 Å². The van der Waals surface area contributed by atoms with E-state index in [4.69, 9.17) is 56.7 Å². The summed E-state index contributed by atoms with van der Waals surface area (Å²) in [5.41, 5.74) is 44.7. The second kappa shape index (κ2) is 36.4. The van der Waals surface area contributed by atoms with E-state index in [0.717, 1.165) is 0 Å². The summed E-state index contributed by atoms with van der Waals surface area (Å²) in [4.78, 5) is 134. The van der Waals surface area contributed by atoms with Crippen molar-refractivity contribution in [3.05, 3.63) is 30.0 Å². The monoisotopic (exact) mass is 1100 g/mol. The highest BCUT2D eigenvalue weighted by Crippen LogP contribution is 2.20. The average Bonchev–Trinajstić information content (AvgIpc) is 4.12. The molecular formula is C46H82N22O10. The molecule has 1 aliphatic rings. The van der Waals surface area contributed by atoms with Crippen LogP contribution in [0.4, 0.5) is 0 Å². The fourth-order valence-corrected chi connectivity index (χ4v) is 7.82. The Bertz CT molecular complexity index is 2230. The number of amides is 9. The Morgan fingerprint density at radius 1 is 0.756 bits per heavy atom. The maximum absolute atomic E-state index is 14.2. The lowest BCUT2D eigenvalue weighted by Gasteiger charge is -2.28. The topological polar surface area (TPSA) is 570 Å². The second-order valence-corrected chi connectivity index (χ2v) is 18.2. The molecule has 0 spiro atoms. The van der Waals surface area contributed by atoms with E-state index in [9.17, 15) is 48.3 Å². The zero-order valence-electron chi connectivity index (χ0n) is 43.9. The van der Waals surface area contributed by atoms with Crippen LogP contribution >= 0.6 is 0 Å². The number of H-pyrrole nitrogens is 1. The molecule has 0 radical (unpaired) electrons. The number of aliphatic imine (C=N–C) groups is 1. The number of hydrogen-bond acceptors (Lipinski definition) is 18. The Morgan fingerprint density at radius 3 is 2.00 bits per heavy atom. The number of hydrogen-bond donors (Lipinski definition) is 20. The van der Waals surface area contributed by atoms with Crippen molar-refractivity contribution in [3.63, 3.8) is 0 Å². The zero-order chi connectivity index (χ0) is 58.2. The van der Waals surface area contributed by atoms with Crippen molar-refractivity contribution in [1.82, 2.24) is 57.4 Å². The molecule has 1 fully saturated rings. The minimum atomic E-state index is -1.64. The van der Waals surface area contributed by atoms with Crippen molar-refractivity contribution in [1.29, 1.82) is 10.8 Å². The molecule has 9 amide bonds. The number of nitrogens with one attached hydrogen (secondary N) is 11. The molecule has 78 heavy (non-hydrogen) atoms. The van der Waals surface area contributed by atoms with Crippen LogP contribution in [-0.4, -0.2) is 185 Å². The highest BCUT2D eigenvalue weighted by atomic mass is 16.3. The van der Waals surface area contributed by atoms with E-state index in [1.54, 1.807) is 0 Å². The molecule has 1 aliphatic heterocycles. The van der Waals surface area contributed by atoms with Crippen LogP contribution in [0.25, 0.3) is 0 Å². The summed E-state index contributed by atoms with van der Waals surface area (Å²) in [5, 5.41) is 45.5. The van der Waals surface area contributed by atoms with Gasteiger partial charge in [0.15, 0.2) is 11.9 Å². The normalized spacial score (nSPS) is 15.8. The molecule has 32 nitrogen and oxygen atoms in total. The van der Waals surface area contributed by atoms with Crippen molar-refractivity contribution in [2.75, 3.05) is 52.4 Å². The highest BCUT2D eigenvalue weighted by Gasteiger charge is 2.39. The molecule has 0 bridgehead atoms. The minimum absolute atomic E-state index is 0.0468. The van der Waals surface area contributed by atoms with Gasteiger partial charge in [-0.2, -0.15) is 0 Å². The van der Waals surface area contributed by atoms with E-state index in [0.29, 0.717) is 44.3 Å². The number of unbranched alkanes of at least 4 members (excludes halogenated alkanes) is 2. The van der Waals surface area contributed by atoms with Crippen molar-refractivity contribution >= 4 is 70.8 Å². The third-order valence-electron chi connectivity index (χ3n) is 12.0. The molecule has 0 aliphatic carbocycles. The average molecular weight is 1100 g/mol. The van der Waals surface area contributed by atoms with Crippen LogP contribution in [0.3, 0.4) is 0 Å². The predicted molar refractivity (Wildman–Crippen MR) is 286 cm³/mol. The summed E-state index contributed by atoms with van der Waals surface area (Å²) in [5.74, 6) is -8.44. The van der Waals surface area contributed by atoms with Crippen molar-refractivity contribution in [3.8, 4) is 0 Å². The summed E-state index contributed by atoms with van der Waals surface area (Å²) in [6.45, 7) is -0.215. The van der Waals surface area contributed by atoms with Crippen molar-refractivity contribution in [2.24, 2.45) is 50.9 Å². The van der Waals surface area contributed by atoms with E-state index in [1.165, 1.54) is 23.5 Å². The smallest absolute Gasteiger partial charge is 0.269 e. The van der Waals surface area contributed by atoms with Crippen LogP contribution in [0.15, 0.2) is 29.3 Å². The number of imidazole rings is 1. The number of likely N-dealkylation sites (tertiary alicyclic amines) is 1. The quantitative estimate of drug-likeness (QED) is 0.0127. The van der Waals surface area contributed by atoms with Crippen LogP contribution in [0.2, 0.25) is 0 Å². The Kier molecular flexibility index (Phi) is 31.0. The Morgan fingerprint density at radius 2 is 1.38 bits per heavy atom. The largest absolute Gasteiger partial charge is 0.389 e. The first-order chi connectivity index (χ1) is 37.2. The van der Waals surface area contributed by atoms with Gasteiger partial charge in [0.05, 0.1) is 25.0 Å². The van der Waals surface area contributed by atoms with Gasteiger partial charge < -0.3 is 103 Å². The summed E-state index contributed by atoms with van der Waals surface area (Å²) >= 11 is 0. The number of carbonyl (C=O) groups is 9. The molecule has 436 valence electrons. The summed E-state index contributed by atoms with van der Waals surface area (Å²) in [6, 6.07) is -7.86. The van der Waals surface area contributed by atoms with Crippen LogP contribution in [0.5, 0.6) is 0 Å². The van der Waals surface area contributed by atoms with E-state index in [2.05, 4.69) is 57.5 Å². The number of aliphatic hydroxyl groups is 1. The number of carbonyl (C=O) groups excluding carboxylic acids is 9. The Balaban J connectivity index is 2.35. The summed E-state index contributed by atoms with van der Waals surface area (Å²) in [6.07, 6.45) is 5.39. The zero-order valence-corrected chi connectivity index (χ0v) is 43.9. The van der Waals surface area contributed by atoms with Gasteiger partial charge in [-0.25, -0.2) is 9.98 Å². The summed E-state index contributed by atoms with van der Waals surface area (Å²) < 4.78 is 0. The molecule has 1 aromatic rings. The van der Waals surface area contributed by atoms with Crippen LogP contribution in [-0.2, 0) is 49.6 Å². The first-order valence-corrected chi connectivity index (χ1v) is 25.8. The minimum Gasteiger partial charge on any atom is -0.389 e. The maximum Gasteiger partial charge on any atom is 0.269 e. The van der Waals surface area contributed by atoms with Crippen LogP contribution < -0.4 is 88.4 Å². The van der Waals surface area contributed by atoms with Gasteiger partial charge in [0.2, 0.25) is 35.4 Å². The molecule has 32 heteroatoms. The number of nitrogens with zero attached hydrogens (tertiary/aromatic N) is 3. The third-order valence-corrected chi connectivity index (χ3v) is 12.0. The molecule has 7 atom stereocenters. The van der Waals surface area contributed by atoms with Crippen molar-refractivity contribution in [2.45, 2.75) is 132 Å².